The fourth-order valence-electron chi connectivity index (χ4n) is 2.74. The number of hydrogen-bond donors (Lipinski definition) is 2. The highest BCUT2D eigenvalue weighted by Crippen LogP contribution is 2.22. The average Bonchev–Trinajstić information content (AvgIpc) is 3.16. The van der Waals surface area contributed by atoms with Crippen molar-refractivity contribution in [3.8, 4) is 0 Å². The summed E-state index contributed by atoms with van der Waals surface area (Å²) in [6.07, 6.45) is 1.45. The summed E-state index contributed by atoms with van der Waals surface area (Å²) in [4.78, 5) is 14.1. The Morgan fingerprint density at radius 2 is 2.12 bits per heavy atom. The van der Waals surface area contributed by atoms with Crippen LogP contribution in [0.15, 0.2) is 41.0 Å². The molecule has 1 fully saturated rings. The Hall–Kier alpha value is -2.38. The summed E-state index contributed by atoms with van der Waals surface area (Å²) in [6.45, 7) is 3.84. The number of halogens is 1. The number of ether oxygens (including phenoxy) is 1. The van der Waals surface area contributed by atoms with Gasteiger partial charge < -0.3 is 24.5 Å². The van der Waals surface area contributed by atoms with Gasteiger partial charge in [0.25, 0.3) is 5.91 Å². The number of anilines is 1. The third-order valence-electron chi connectivity index (χ3n) is 4.21. The fraction of sp³-hybridized carbons (Fsp3) is 0.389. The number of aliphatic hydroxyl groups is 1. The lowest BCUT2D eigenvalue weighted by atomic mass is 10.0. The summed E-state index contributed by atoms with van der Waals surface area (Å²) < 4.78 is 24.8. The lowest BCUT2D eigenvalue weighted by Crippen LogP contribution is -2.38. The van der Waals surface area contributed by atoms with Crippen LogP contribution in [0.1, 0.15) is 23.0 Å². The molecule has 0 bridgehead atoms. The zero-order valence-corrected chi connectivity index (χ0v) is 14.0. The fourth-order valence-corrected chi connectivity index (χ4v) is 2.74. The Kier molecular flexibility index (Phi) is 5.06. The van der Waals surface area contributed by atoms with Gasteiger partial charge in [0.1, 0.15) is 17.2 Å². The summed E-state index contributed by atoms with van der Waals surface area (Å²) in [5, 5.41) is 12.9. The standard InChI is InChI=1S/C18H21FN2O4/c1-18(23,16-3-2-8-25-16)12-20-17(22)13-4-5-15(14(19)11-13)21-6-9-24-10-7-21/h2-5,8,11,23H,6-7,9-10,12H2,1H3,(H,20,22). The van der Waals surface area contributed by atoms with Gasteiger partial charge in [-0.15, -0.1) is 0 Å². The second-order valence-electron chi connectivity index (χ2n) is 6.20. The molecule has 2 N–H and O–H groups in total. The van der Waals surface area contributed by atoms with Gasteiger partial charge in [-0.1, -0.05) is 0 Å². The SMILES string of the molecule is CC(O)(CNC(=O)c1ccc(N2CCOCC2)c(F)c1)c1ccco1. The Morgan fingerprint density at radius 3 is 2.76 bits per heavy atom. The van der Waals surface area contributed by atoms with E-state index < -0.39 is 17.3 Å². The number of hydrogen-bond acceptors (Lipinski definition) is 5. The smallest absolute Gasteiger partial charge is 0.251 e. The lowest BCUT2D eigenvalue weighted by molar-refractivity contribution is 0.0330. The Bertz CT molecular complexity index is 725. The molecular weight excluding hydrogens is 327 g/mol. The maximum atomic E-state index is 14.4. The molecular formula is C18H21FN2O4. The van der Waals surface area contributed by atoms with Crippen molar-refractivity contribution in [2.45, 2.75) is 12.5 Å². The lowest BCUT2D eigenvalue weighted by Gasteiger charge is -2.29. The van der Waals surface area contributed by atoms with E-state index in [0.29, 0.717) is 37.8 Å². The van der Waals surface area contributed by atoms with Gasteiger partial charge in [-0.2, -0.15) is 0 Å². The number of rotatable bonds is 5. The van der Waals surface area contributed by atoms with Crippen molar-refractivity contribution >= 4 is 11.6 Å². The first-order valence-corrected chi connectivity index (χ1v) is 8.14. The first kappa shape index (κ1) is 17.4. The number of nitrogens with one attached hydrogen (secondary N) is 1. The van der Waals surface area contributed by atoms with Crippen molar-refractivity contribution in [1.29, 1.82) is 0 Å². The Morgan fingerprint density at radius 1 is 1.36 bits per heavy atom. The Balaban J connectivity index is 1.65. The summed E-state index contributed by atoms with van der Waals surface area (Å²) in [6, 6.07) is 7.67. The maximum absolute atomic E-state index is 14.4. The first-order valence-electron chi connectivity index (χ1n) is 8.14. The van der Waals surface area contributed by atoms with Crippen LogP contribution in [0.4, 0.5) is 10.1 Å². The molecule has 25 heavy (non-hydrogen) atoms. The third kappa shape index (κ3) is 4.00. The molecule has 3 rings (SSSR count). The van der Waals surface area contributed by atoms with Crippen LogP contribution in [0.2, 0.25) is 0 Å². The minimum Gasteiger partial charge on any atom is -0.466 e. The molecule has 1 aromatic carbocycles. The normalized spacial score (nSPS) is 17.2. The van der Waals surface area contributed by atoms with Gasteiger partial charge in [0.15, 0.2) is 0 Å². The van der Waals surface area contributed by atoms with E-state index in [2.05, 4.69) is 5.32 Å². The molecule has 2 heterocycles. The van der Waals surface area contributed by atoms with Crippen molar-refractivity contribution < 1.29 is 23.4 Å². The first-order chi connectivity index (χ1) is 12.0. The molecule has 7 heteroatoms. The largest absolute Gasteiger partial charge is 0.466 e. The van der Waals surface area contributed by atoms with E-state index in [1.165, 1.54) is 19.3 Å². The van der Waals surface area contributed by atoms with Crippen LogP contribution in [0, 0.1) is 5.82 Å². The molecule has 1 saturated heterocycles. The molecule has 0 saturated carbocycles. The van der Waals surface area contributed by atoms with E-state index in [1.807, 2.05) is 4.90 Å². The molecule has 1 atom stereocenters. The predicted molar refractivity (Wildman–Crippen MR) is 90.0 cm³/mol. The predicted octanol–water partition coefficient (Wildman–Crippen LogP) is 1.89. The van der Waals surface area contributed by atoms with Gasteiger partial charge in [0.05, 0.1) is 31.7 Å². The minimum atomic E-state index is -1.34. The second kappa shape index (κ2) is 7.25. The molecule has 6 nitrogen and oxygen atoms in total. The van der Waals surface area contributed by atoms with Crippen molar-refractivity contribution in [1.82, 2.24) is 5.32 Å². The van der Waals surface area contributed by atoms with Crippen molar-refractivity contribution in [3.63, 3.8) is 0 Å². The Labute approximate surface area is 145 Å². The van der Waals surface area contributed by atoms with E-state index in [-0.39, 0.29) is 12.1 Å². The number of carbonyl (C=O) groups is 1. The maximum Gasteiger partial charge on any atom is 0.251 e. The van der Waals surface area contributed by atoms with E-state index in [0.717, 1.165) is 0 Å². The average molecular weight is 348 g/mol. The topological polar surface area (TPSA) is 74.9 Å². The van der Waals surface area contributed by atoms with Crippen LogP contribution in [0.3, 0.4) is 0 Å². The number of carbonyl (C=O) groups excluding carboxylic acids is 1. The van der Waals surface area contributed by atoms with Crippen molar-refractivity contribution in [2.75, 3.05) is 37.7 Å². The molecule has 1 amide bonds. The van der Waals surface area contributed by atoms with Crippen LogP contribution in [-0.4, -0.2) is 43.9 Å². The number of morpholine rings is 1. The molecule has 1 aliphatic rings. The second-order valence-corrected chi connectivity index (χ2v) is 6.20. The molecule has 1 unspecified atom stereocenters. The summed E-state index contributed by atoms with van der Waals surface area (Å²) in [5.74, 6) is -0.562. The van der Waals surface area contributed by atoms with Crippen molar-refractivity contribution in [3.05, 3.63) is 53.7 Å². The quantitative estimate of drug-likeness (QED) is 0.863. The van der Waals surface area contributed by atoms with Crippen molar-refractivity contribution in [2.24, 2.45) is 0 Å². The van der Waals surface area contributed by atoms with E-state index >= 15 is 0 Å². The monoisotopic (exact) mass is 348 g/mol. The molecule has 0 spiro atoms. The van der Waals surface area contributed by atoms with Gasteiger partial charge in [0.2, 0.25) is 0 Å². The molecule has 134 valence electrons. The zero-order valence-electron chi connectivity index (χ0n) is 14.0. The van der Waals surface area contributed by atoms with E-state index in [1.54, 1.807) is 24.3 Å². The van der Waals surface area contributed by atoms with Crippen LogP contribution < -0.4 is 10.2 Å². The molecule has 0 radical (unpaired) electrons. The highest BCUT2D eigenvalue weighted by atomic mass is 19.1. The van der Waals surface area contributed by atoms with Crippen LogP contribution in [-0.2, 0) is 10.3 Å². The highest BCUT2D eigenvalue weighted by molar-refractivity contribution is 5.94. The summed E-state index contributed by atoms with van der Waals surface area (Å²) >= 11 is 0. The third-order valence-corrected chi connectivity index (χ3v) is 4.21. The number of furan rings is 1. The van der Waals surface area contributed by atoms with Crippen LogP contribution >= 0.6 is 0 Å². The summed E-state index contributed by atoms with van der Waals surface area (Å²) in [5.41, 5.74) is -0.682. The summed E-state index contributed by atoms with van der Waals surface area (Å²) in [7, 11) is 0. The van der Waals surface area contributed by atoms with Gasteiger partial charge >= 0.3 is 0 Å². The number of nitrogens with zero attached hydrogens (tertiary/aromatic N) is 1. The van der Waals surface area contributed by atoms with Gasteiger partial charge in [-0.25, -0.2) is 4.39 Å². The van der Waals surface area contributed by atoms with Gasteiger partial charge in [0, 0.05) is 18.7 Å². The molecule has 0 aliphatic carbocycles. The number of amides is 1. The van der Waals surface area contributed by atoms with Crippen LogP contribution in [0.5, 0.6) is 0 Å². The van der Waals surface area contributed by atoms with Gasteiger partial charge in [-0.3, -0.25) is 4.79 Å². The van der Waals surface area contributed by atoms with Gasteiger partial charge in [-0.05, 0) is 37.3 Å². The molecule has 2 aromatic rings. The molecule has 1 aromatic heterocycles. The van der Waals surface area contributed by atoms with E-state index in [9.17, 15) is 14.3 Å². The van der Waals surface area contributed by atoms with Crippen LogP contribution in [0.25, 0.3) is 0 Å². The molecule has 1 aliphatic heterocycles. The minimum absolute atomic E-state index is 0.0494. The zero-order chi connectivity index (χ0) is 17.9. The van der Waals surface area contributed by atoms with E-state index in [4.69, 9.17) is 9.15 Å². The number of benzene rings is 1. The highest BCUT2D eigenvalue weighted by Gasteiger charge is 2.27.